The number of aromatic nitrogens is 6. The van der Waals surface area contributed by atoms with Crippen molar-refractivity contribution in [2.24, 2.45) is 9.98 Å². The molecular weight excluding hydrogens is 791 g/mol. The summed E-state index contributed by atoms with van der Waals surface area (Å²) in [6.45, 7) is 6.50. The van der Waals surface area contributed by atoms with Gasteiger partial charge >= 0.3 is 0 Å². The van der Waals surface area contributed by atoms with Crippen LogP contribution in [0, 0.1) is 13.8 Å². The number of rotatable bonds is 12. The van der Waals surface area contributed by atoms with Crippen molar-refractivity contribution in [2.75, 3.05) is 26.8 Å². The van der Waals surface area contributed by atoms with Crippen LogP contribution in [-0.2, 0) is 9.59 Å². The van der Waals surface area contributed by atoms with Crippen LogP contribution < -0.4 is 20.1 Å². The summed E-state index contributed by atoms with van der Waals surface area (Å²) in [5.74, 6) is 3.19. The summed E-state index contributed by atoms with van der Waals surface area (Å²) in [5.41, 5.74) is 6.10. The molecule has 2 atom stereocenters. The van der Waals surface area contributed by atoms with Gasteiger partial charge in [-0.2, -0.15) is 0 Å². The van der Waals surface area contributed by atoms with Crippen molar-refractivity contribution in [1.82, 2.24) is 40.2 Å². The van der Waals surface area contributed by atoms with E-state index >= 15 is 0 Å². The van der Waals surface area contributed by atoms with E-state index in [1.807, 2.05) is 103 Å². The number of nitrogens with one attached hydrogen (secondary N) is 2. The third-order valence-electron chi connectivity index (χ3n) is 10.1. The second-order valence-electron chi connectivity index (χ2n) is 14.0. The van der Waals surface area contributed by atoms with E-state index in [2.05, 4.69) is 31.0 Å². The molecule has 2 aromatic heterocycles. The maximum absolute atomic E-state index is 13.6. The smallest absolute Gasteiger partial charge is 0.226 e. The van der Waals surface area contributed by atoms with Crippen LogP contribution in [0.15, 0.2) is 94.9 Å². The molecule has 0 bridgehead atoms. The van der Waals surface area contributed by atoms with Gasteiger partial charge in [-0.25, -0.2) is 0 Å². The van der Waals surface area contributed by atoms with Crippen LogP contribution in [0.1, 0.15) is 77.4 Å². The van der Waals surface area contributed by atoms with E-state index in [9.17, 15) is 9.59 Å². The average Bonchev–Trinajstić information content (AvgIpc) is 3.74. The number of carbonyl (C=O) groups excluding carboxylic acids is 2. The monoisotopic (exact) mass is 830 g/mol. The highest BCUT2D eigenvalue weighted by Gasteiger charge is 2.31. The number of nitrogens with zero attached hydrogens (tertiary/aromatic N) is 8. The fraction of sp³-hybridized carbons (Fsp3) is 0.256. The molecule has 0 saturated heterocycles. The van der Waals surface area contributed by atoms with E-state index in [0.717, 1.165) is 33.6 Å². The predicted molar refractivity (Wildman–Crippen MR) is 225 cm³/mol. The van der Waals surface area contributed by atoms with E-state index in [1.54, 1.807) is 19.2 Å². The van der Waals surface area contributed by atoms with Gasteiger partial charge in [-0.15, -0.1) is 20.4 Å². The Labute approximate surface area is 350 Å². The summed E-state index contributed by atoms with van der Waals surface area (Å²) in [4.78, 5) is 36.8. The summed E-state index contributed by atoms with van der Waals surface area (Å²) in [6.07, 6.45) is 0.0409. The van der Waals surface area contributed by atoms with Crippen molar-refractivity contribution in [3.05, 3.63) is 141 Å². The molecule has 0 aliphatic carbocycles. The van der Waals surface area contributed by atoms with Gasteiger partial charge in [0.1, 0.15) is 41.8 Å². The molecule has 2 amide bonds. The average molecular weight is 832 g/mol. The second-order valence-corrected chi connectivity index (χ2v) is 14.9. The first-order valence-corrected chi connectivity index (χ1v) is 19.9. The predicted octanol–water partition coefficient (Wildman–Crippen LogP) is 6.68. The third kappa shape index (κ3) is 8.05. The van der Waals surface area contributed by atoms with Crippen LogP contribution in [-0.4, -0.2) is 79.6 Å². The van der Waals surface area contributed by atoms with Gasteiger partial charge in [0, 0.05) is 33.3 Å². The largest absolute Gasteiger partial charge is 0.497 e. The summed E-state index contributed by atoms with van der Waals surface area (Å²) in [6, 6.07) is 25.3. The highest BCUT2D eigenvalue weighted by molar-refractivity contribution is 6.31. The summed E-state index contributed by atoms with van der Waals surface area (Å²) in [7, 11) is 1.62. The van der Waals surface area contributed by atoms with Crippen molar-refractivity contribution >= 4 is 46.4 Å². The van der Waals surface area contributed by atoms with Crippen LogP contribution >= 0.6 is 23.2 Å². The van der Waals surface area contributed by atoms with Crippen LogP contribution in [0.5, 0.6) is 11.5 Å². The minimum Gasteiger partial charge on any atom is -0.497 e. The van der Waals surface area contributed by atoms with Gasteiger partial charge in [0.15, 0.2) is 11.6 Å². The minimum absolute atomic E-state index is 0.0504. The molecule has 8 rings (SSSR count). The number of halogens is 2. The molecular formula is C43H40Cl2N10O4. The highest BCUT2D eigenvalue weighted by atomic mass is 35.5. The molecule has 4 heterocycles. The number of methoxy groups -OCH3 is 1. The molecule has 2 N–H and O–H groups in total. The van der Waals surface area contributed by atoms with Crippen LogP contribution in [0.4, 0.5) is 0 Å². The SMILES string of the molecule is CCNC(=O)C[C@H]1N=C(c2ccc(Cl)cc2)c2cc(OCCNC(=O)CC3=NC(c4ccc(Cl)cc4)c4cc(OC)ccc4-n4c(C)nnc43)ccc2-n2c(C)nnc21. The molecule has 2 aliphatic rings. The zero-order chi connectivity index (χ0) is 41.2. The van der Waals surface area contributed by atoms with Crippen molar-refractivity contribution in [3.8, 4) is 22.9 Å². The Bertz CT molecular complexity index is 2620. The lowest BCUT2D eigenvalue weighted by molar-refractivity contribution is -0.121. The van der Waals surface area contributed by atoms with E-state index in [0.29, 0.717) is 62.8 Å². The first kappa shape index (κ1) is 39.4. The summed E-state index contributed by atoms with van der Waals surface area (Å²) < 4.78 is 15.7. The maximum atomic E-state index is 13.6. The molecule has 6 aromatic rings. The summed E-state index contributed by atoms with van der Waals surface area (Å²) in [5, 5.41) is 24.7. The van der Waals surface area contributed by atoms with Crippen molar-refractivity contribution in [2.45, 2.75) is 45.7 Å². The van der Waals surface area contributed by atoms with Gasteiger partial charge in [-0.3, -0.25) is 28.7 Å². The lowest BCUT2D eigenvalue weighted by atomic mass is 9.97. The normalized spacial score (nSPS) is 15.3. The summed E-state index contributed by atoms with van der Waals surface area (Å²) >= 11 is 12.5. The lowest BCUT2D eigenvalue weighted by Crippen LogP contribution is -2.30. The number of fused-ring (bicyclic) bond motifs is 6. The van der Waals surface area contributed by atoms with Crippen LogP contribution in [0.3, 0.4) is 0 Å². The Kier molecular flexibility index (Phi) is 11.3. The Morgan fingerprint density at radius 2 is 1.46 bits per heavy atom. The first-order valence-electron chi connectivity index (χ1n) is 19.1. The topological polar surface area (TPSA) is 163 Å². The van der Waals surface area contributed by atoms with E-state index in [1.165, 1.54) is 0 Å². The molecule has 59 heavy (non-hydrogen) atoms. The number of benzene rings is 4. The molecule has 14 nitrogen and oxygen atoms in total. The number of aliphatic imine (C=N–C) groups is 2. The van der Waals surface area contributed by atoms with Crippen molar-refractivity contribution in [3.63, 3.8) is 0 Å². The van der Waals surface area contributed by atoms with Crippen molar-refractivity contribution in [1.29, 1.82) is 0 Å². The number of ether oxygens (including phenoxy) is 2. The lowest BCUT2D eigenvalue weighted by Gasteiger charge is -2.18. The Morgan fingerprint density at radius 3 is 2.20 bits per heavy atom. The second kappa shape index (κ2) is 16.8. The zero-order valence-corrected chi connectivity index (χ0v) is 34.3. The molecule has 1 unspecified atom stereocenters. The number of carbonyl (C=O) groups is 2. The third-order valence-corrected chi connectivity index (χ3v) is 10.6. The fourth-order valence-electron chi connectivity index (χ4n) is 7.39. The molecule has 4 aromatic carbocycles. The zero-order valence-electron chi connectivity index (χ0n) is 32.7. The number of amides is 2. The maximum Gasteiger partial charge on any atom is 0.226 e. The highest BCUT2D eigenvalue weighted by Crippen LogP contribution is 2.38. The Balaban J connectivity index is 1.03. The molecule has 16 heteroatoms. The van der Waals surface area contributed by atoms with Crippen LogP contribution in [0.2, 0.25) is 10.0 Å². The quantitative estimate of drug-likeness (QED) is 0.129. The fourth-order valence-corrected chi connectivity index (χ4v) is 7.64. The Hall–Kier alpha value is -6.38. The number of hydrogen-bond acceptors (Lipinski definition) is 10. The molecule has 300 valence electrons. The molecule has 2 aliphatic heterocycles. The van der Waals surface area contributed by atoms with Gasteiger partial charge in [0.25, 0.3) is 0 Å². The van der Waals surface area contributed by atoms with Gasteiger partial charge in [0.05, 0.1) is 49.3 Å². The van der Waals surface area contributed by atoms with Gasteiger partial charge in [0.2, 0.25) is 11.8 Å². The van der Waals surface area contributed by atoms with E-state index < -0.39 is 12.1 Å². The van der Waals surface area contributed by atoms with E-state index in [-0.39, 0.29) is 37.8 Å². The Morgan fingerprint density at radius 1 is 0.763 bits per heavy atom. The minimum atomic E-state index is -0.602. The van der Waals surface area contributed by atoms with Gasteiger partial charge in [-0.05, 0) is 87.0 Å². The van der Waals surface area contributed by atoms with Gasteiger partial charge in [-0.1, -0.05) is 47.5 Å². The molecule has 0 radical (unpaired) electrons. The molecule has 0 saturated carbocycles. The standard InChI is InChI=1S/C43H40Cl2N10O4/c1-5-46-38(56)22-34-42-52-51-25(3)55(42)37-17-15-31(21-33(37)41(48-34)27-8-12-29(45)13-9-27)59-19-18-47-39(57)23-35-43-53-50-24(2)54(43)36-16-14-30(58-4)20-32(36)40(49-35)26-6-10-28(44)11-7-26/h6-17,20-21,34,40H,5,18-19,22-23H2,1-4H3,(H,46,56)(H,47,57)/t34-,40?/m1/s1. The van der Waals surface area contributed by atoms with Crippen LogP contribution in [0.25, 0.3) is 11.4 Å². The van der Waals surface area contributed by atoms with Gasteiger partial charge < -0.3 is 20.1 Å². The number of hydrogen-bond donors (Lipinski definition) is 2. The molecule has 0 fully saturated rings. The van der Waals surface area contributed by atoms with E-state index in [4.69, 9.17) is 42.7 Å². The number of aryl methyl sites for hydroxylation is 2. The molecule has 0 spiro atoms. The first-order chi connectivity index (χ1) is 28.6. The van der Waals surface area contributed by atoms with Crippen molar-refractivity contribution < 1.29 is 19.1 Å².